The lowest BCUT2D eigenvalue weighted by atomic mass is 10.1. The lowest BCUT2D eigenvalue weighted by Gasteiger charge is -2.12. The molecule has 0 saturated heterocycles. The van der Waals surface area contributed by atoms with E-state index >= 15 is 0 Å². The molecule has 0 heterocycles. The number of ether oxygens (including phenoxy) is 3. The Bertz CT molecular complexity index is 722. The Morgan fingerprint density at radius 3 is 2.52 bits per heavy atom. The van der Waals surface area contributed by atoms with Gasteiger partial charge in [-0.05, 0) is 35.4 Å². The van der Waals surface area contributed by atoms with Crippen LogP contribution in [-0.4, -0.2) is 26.7 Å². The van der Waals surface area contributed by atoms with Crippen LogP contribution in [0.3, 0.4) is 0 Å². The molecule has 2 rings (SSSR count). The molecule has 0 aliphatic carbocycles. The van der Waals surface area contributed by atoms with Crippen molar-refractivity contribution in [1.82, 2.24) is 5.32 Å². The summed E-state index contributed by atoms with van der Waals surface area (Å²) in [5.41, 5.74) is 1.53. The zero-order valence-electron chi connectivity index (χ0n) is 13.9. The smallest absolute Gasteiger partial charge is 0.387 e. The van der Waals surface area contributed by atoms with Crippen LogP contribution in [0.5, 0.6) is 17.2 Å². The molecule has 0 radical (unpaired) electrons. The second-order valence-electron chi connectivity index (χ2n) is 5.17. The first-order chi connectivity index (χ1) is 12.0. The van der Waals surface area contributed by atoms with Crippen LogP contribution in [0.25, 0.3) is 0 Å². The molecule has 0 saturated carbocycles. The van der Waals surface area contributed by atoms with Crippen LogP contribution in [0, 0.1) is 0 Å². The van der Waals surface area contributed by atoms with Crippen LogP contribution >= 0.6 is 0 Å². The summed E-state index contributed by atoms with van der Waals surface area (Å²) < 4.78 is 39.1. The second-order valence-corrected chi connectivity index (χ2v) is 5.17. The van der Waals surface area contributed by atoms with E-state index in [1.807, 2.05) is 12.1 Å². The van der Waals surface area contributed by atoms with Crippen LogP contribution in [0.4, 0.5) is 8.78 Å². The Morgan fingerprint density at radius 1 is 1.04 bits per heavy atom. The Balaban J connectivity index is 1.94. The fraction of sp³-hybridized carbons (Fsp3) is 0.278. The second kappa shape index (κ2) is 8.86. The Labute approximate surface area is 144 Å². The van der Waals surface area contributed by atoms with Gasteiger partial charge in [0.25, 0.3) is 0 Å². The van der Waals surface area contributed by atoms with Gasteiger partial charge in [-0.25, -0.2) is 0 Å². The number of carbonyl (C=O) groups excluding carboxylic acids is 1. The summed E-state index contributed by atoms with van der Waals surface area (Å²) in [7, 11) is 2.92. The molecule has 0 unspecified atom stereocenters. The minimum Gasteiger partial charge on any atom is -0.497 e. The highest BCUT2D eigenvalue weighted by molar-refractivity contribution is 5.78. The number of carbonyl (C=O) groups is 1. The number of nitrogens with one attached hydrogen (secondary N) is 1. The molecule has 25 heavy (non-hydrogen) atoms. The van der Waals surface area contributed by atoms with Crippen LogP contribution in [0.15, 0.2) is 42.5 Å². The molecule has 0 aliphatic heterocycles. The monoisotopic (exact) mass is 351 g/mol. The number of hydrogen-bond acceptors (Lipinski definition) is 4. The van der Waals surface area contributed by atoms with Gasteiger partial charge in [0.05, 0.1) is 20.6 Å². The number of amides is 1. The van der Waals surface area contributed by atoms with Crippen molar-refractivity contribution in [2.45, 2.75) is 19.6 Å². The van der Waals surface area contributed by atoms with Gasteiger partial charge in [0.15, 0.2) is 11.5 Å². The van der Waals surface area contributed by atoms with Crippen molar-refractivity contribution in [3.63, 3.8) is 0 Å². The van der Waals surface area contributed by atoms with Gasteiger partial charge in [0.1, 0.15) is 5.75 Å². The maximum absolute atomic E-state index is 12.3. The van der Waals surface area contributed by atoms with E-state index in [4.69, 9.17) is 9.47 Å². The number of methoxy groups -OCH3 is 2. The summed E-state index contributed by atoms with van der Waals surface area (Å²) in [6, 6.07) is 11.8. The molecule has 0 atom stereocenters. The number of alkyl halides is 2. The van der Waals surface area contributed by atoms with Gasteiger partial charge in [-0.3, -0.25) is 4.79 Å². The molecular formula is C18H19F2NO4. The average Bonchev–Trinajstić information content (AvgIpc) is 2.60. The normalized spacial score (nSPS) is 10.4. The predicted octanol–water partition coefficient (Wildman–Crippen LogP) is 3.16. The molecule has 0 bridgehead atoms. The van der Waals surface area contributed by atoms with E-state index in [-0.39, 0.29) is 30.4 Å². The molecule has 0 aromatic heterocycles. The molecule has 0 fully saturated rings. The third-order valence-electron chi connectivity index (χ3n) is 3.43. The molecular weight excluding hydrogens is 332 g/mol. The van der Waals surface area contributed by atoms with Crippen molar-refractivity contribution < 1.29 is 27.8 Å². The highest BCUT2D eigenvalue weighted by atomic mass is 19.3. The number of rotatable bonds is 8. The molecule has 1 N–H and O–H groups in total. The van der Waals surface area contributed by atoms with E-state index in [1.54, 1.807) is 31.4 Å². The maximum atomic E-state index is 12.3. The SMILES string of the molecule is COc1cccc(CC(=O)NCc2ccc(OC(F)F)c(OC)c2)c1. The lowest BCUT2D eigenvalue weighted by molar-refractivity contribution is -0.120. The van der Waals surface area contributed by atoms with Crippen molar-refractivity contribution in [2.75, 3.05) is 14.2 Å². The number of hydrogen-bond donors (Lipinski definition) is 1. The summed E-state index contributed by atoms with van der Waals surface area (Å²) in [4.78, 5) is 12.0. The van der Waals surface area contributed by atoms with Crippen LogP contribution in [-0.2, 0) is 17.8 Å². The first-order valence-electron chi connectivity index (χ1n) is 7.53. The van der Waals surface area contributed by atoms with Gasteiger partial charge in [-0.1, -0.05) is 18.2 Å². The van der Waals surface area contributed by atoms with E-state index in [1.165, 1.54) is 13.2 Å². The summed E-state index contributed by atoms with van der Waals surface area (Å²) in [6.07, 6.45) is 0.209. The van der Waals surface area contributed by atoms with E-state index in [9.17, 15) is 13.6 Å². The van der Waals surface area contributed by atoms with Crippen molar-refractivity contribution in [1.29, 1.82) is 0 Å². The summed E-state index contributed by atoms with van der Waals surface area (Å²) in [5.74, 6) is 0.647. The molecule has 0 spiro atoms. The van der Waals surface area contributed by atoms with Gasteiger partial charge in [0, 0.05) is 6.54 Å². The molecule has 2 aromatic carbocycles. The Kier molecular flexibility index (Phi) is 6.56. The number of benzene rings is 2. The first-order valence-corrected chi connectivity index (χ1v) is 7.53. The Hall–Kier alpha value is -2.83. The van der Waals surface area contributed by atoms with Crippen molar-refractivity contribution >= 4 is 5.91 Å². The zero-order valence-corrected chi connectivity index (χ0v) is 13.9. The fourth-order valence-electron chi connectivity index (χ4n) is 2.25. The largest absolute Gasteiger partial charge is 0.497 e. The van der Waals surface area contributed by atoms with Crippen molar-refractivity contribution in [3.05, 3.63) is 53.6 Å². The molecule has 0 aliphatic rings. The van der Waals surface area contributed by atoms with E-state index < -0.39 is 6.61 Å². The molecule has 7 heteroatoms. The highest BCUT2D eigenvalue weighted by Crippen LogP contribution is 2.29. The fourth-order valence-corrected chi connectivity index (χ4v) is 2.25. The summed E-state index contributed by atoms with van der Waals surface area (Å²) >= 11 is 0. The third-order valence-corrected chi connectivity index (χ3v) is 3.43. The molecule has 5 nitrogen and oxygen atoms in total. The van der Waals surface area contributed by atoms with Gasteiger partial charge < -0.3 is 19.5 Å². The van der Waals surface area contributed by atoms with E-state index in [0.29, 0.717) is 11.3 Å². The third kappa shape index (κ3) is 5.63. The lowest BCUT2D eigenvalue weighted by Crippen LogP contribution is -2.24. The van der Waals surface area contributed by atoms with Crippen LogP contribution < -0.4 is 19.5 Å². The Morgan fingerprint density at radius 2 is 1.84 bits per heavy atom. The van der Waals surface area contributed by atoms with Gasteiger partial charge >= 0.3 is 6.61 Å². The summed E-state index contributed by atoms with van der Waals surface area (Å²) in [6.45, 7) is -2.68. The quantitative estimate of drug-likeness (QED) is 0.794. The first kappa shape index (κ1) is 18.5. The predicted molar refractivity (Wildman–Crippen MR) is 88.2 cm³/mol. The van der Waals surface area contributed by atoms with Crippen LogP contribution in [0.1, 0.15) is 11.1 Å². The van der Waals surface area contributed by atoms with E-state index in [0.717, 1.165) is 5.56 Å². The zero-order chi connectivity index (χ0) is 18.2. The topological polar surface area (TPSA) is 56.8 Å². The van der Waals surface area contributed by atoms with Crippen molar-refractivity contribution in [2.24, 2.45) is 0 Å². The van der Waals surface area contributed by atoms with Gasteiger partial charge in [0.2, 0.25) is 5.91 Å². The molecule has 2 aromatic rings. The van der Waals surface area contributed by atoms with Crippen LogP contribution in [0.2, 0.25) is 0 Å². The summed E-state index contributed by atoms with van der Waals surface area (Å²) in [5, 5.41) is 2.77. The standard InChI is InChI=1S/C18H19F2NO4/c1-23-14-5-3-4-12(8-14)10-17(22)21-11-13-6-7-15(25-18(19)20)16(9-13)24-2/h3-9,18H,10-11H2,1-2H3,(H,21,22). The van der Waals surface area contributed by atoms with Crippen molar-refractivity contribution in [3.8, 4) is 17.2 Å². The van der Waals surface area contributed by atoms with Gasteiger partial charge in [-0.15, -0.1) is 0 Å². The van der Waals surface area contributed by atoms with E-state index in [2.05, 4.69) is 10.1 Å². The minimum atomic E-state index is -2.93. The molecule has 1 amide bonds. The maximum Gasteiger partial charge on any atom is 0.387 e. The molecule has 134 valence electrons. The van der Waals surface area contributed by atoms with Gasteiger partial charge in [-0.2, -0.15) is 8.78 Å². The number of halogens is 2. The highest BCUT2D eigenvalue weighted by Gasteiger charge is 2.11. The minimum absolute atomic E-state index is 0.0519. The average molecular weight is 351 g/mol.